The smallest absolute Gasteiger partial charge is 0.147 e. The minimum Gasteiger partial charge on any atom is -0.359 e. The van der Waals surface area contributed by atoms with Crippen LogP contribution in [0.15, 0.2) is 0 Å². The van der Waals surface area contributed by atoms with E-state index in [0.29, 0.717) is 6.61 Å². The van der Waals surface area contributed by atoms with E-state index in [0.717, 1.165) is 0 Å². The van der Waals surface area contributed by atoms with Gasteiger partial charge in [0.1, 0.15) is 13.4 Å². The molecule has 0 aromatic heterocycles. The third-order valence-corrected chi connectivity index (χ3v) is 1.09. The van der Waals surface area contributed by atoms with Gasteiger partial charge in [0, 0.05) is 7.11 Å². The van der Waals surface area contributed by atoms with Crippen molar-refractivity contribution in [2.24, 2.45) is 0 Å². The van der Waals surface area contributed by atoms with Crippen LogP contribution in [0.2, 0.25) is 0 Å². The lowest BCUT2D eigenvalue weighted by Gasteiger charge is -2.23. The Morgan fingerprint density at radius 1 is 1.08 bits per heavy atom. The first-order chi connectivity index (χ1) is 5.12. The second-order valence-electron chi connectivity index (χ2n) is 2.74. The molecule has 0 aromatic rings. The zero-order valence-corrected chi connectivity index (χ0v) is 7.55. The summed E-state index contributed by atoms with van der Waals surface area (Å²) < 4.78 is 9.99. The Labute approximate surface area is 82.1 Å². The fraction of sp³-hybridized carbons (Fsp3) is 1.00. The lowest BCUT2D eigenvalue weighted by molar-refractivity contribution is -0.303. The average Bonchev–Trinajstić information content (AvgIpc) is 1.97. The van der Waals surface area contributed by atoms with Crippen LogP contribution in [0.1, 0.15) is 28.7 Å². The van der Waals surface area contributed by atoms with Gasteiger partial charge in [0.05, 0.1) is 12.7 Å². The zero-order chi connectivity index (χ0) is 8.74. The number of hydrogen-bond donors (Lipinski definition) is 0. The maximum Gasteiger partial charge on any atom is 0.147 e. The van der Waals surface area contributed by atoms with Crippen molar-refractivity contribution >= 4 is 0 Å². The Morgan fingerprint density at radius 2 is 1.62 bits per heavy atom. The molecule has 0 saturated heterocycles. The van der Waals surface area contributed by atoms with Crippen molar-refractivity contribution in [2.75, 3.05) is 27.6 Å². The molecular weight excluding hydrogens is 172 g/mol. The van der Waals surface area contributed by atoms with Crippen LogP contribution in [0, 0.1) is 0 Å². The number of rotatable bonds is 6. The largest absolute Gasteiger partial charge is 0.359 e. The third kappa shape index (κ3) is 11.8. The topological polar surface area (TPSA) is 36.9 Å². The van der Waals surface area contributed by atoms with Gasteiger partial charge in [0.15, 0.2) is 0 Å². The molecular formula is C9H24O4. The lowest BCUT2D eigenvalue weighted by Crippen LogP contribution is -2.31. The quantitative estimate of drug-likeness (QED) is 0.371. The summed E-state index contributed by atoms with van der Waals surface area (Å²) in [6.45, 7) is 4.43. The molecule has 0 aromatic carbocycles. The molecule has 84 valence electrons. The van der Waals surface area contributed by atoms with E-state index >= 15 is 0 Å². The molecule has 0 fully saturated rings. The van der Waals surface area contributed by atoms with E-state index in [9.17, 15) is 0 Å². The van der Waals surface area contributed by atoms with Gasteiger partial charge in [-0.05, 0) is 13.8 Å². The van der Waals surface area contributed by atoms with Crippen molar-refractivity contribution in [1.82, 2.24) is 0 Å². The summed E-state index contributed by atoms with van der Waals surface area (Å²) >= 11 is 0. The first kappa shape index (κ1) is 18.6. The van der Waals surface area contributed by atoms with Crippen molar-refractivity contribution in [1.29, 1.82) is 0 Å². The lowest BCUT2D eigenvalue weighted by atomic mass is 10.2. The van der Waals surface area contributed by atoms with Gasteiger partial charge in [-0.1, -0.05) is 14.9 Å². The van der Waals surface area contributed by atoms with Gasteiger partial charge in [-0.15, -0.1) is 0 Å². The fourth-order valence-electron chi connectivity index (χ4n) is 0.461. The summed E-state index contributed by atoms with van der Waals surface area (Å²) in [5.74, 6) is 0. The molecule has 0 heterocycles. The van der Waals surface area contributed by atoms with Crippen molar-refractivity contribution in [3.63, 3.8) is 0 Å². The second-order valence-corrected chi connectivity index (χ2v) is 2.74. The zero-order valence-electron chi connectivity index (χ0n) is 7.55. The summed E-state index contributed by atoms with van der Waals surface area (Å²) in [4.78, 5) is 9.15. The van der Waals surface area contributed by atoms with Gasteiger partial charge in [0.2, 0.25) is 0 Å². The number of hydrogen-bond acceptors (Lipinski definition) is 4. The van der Waals surface area contributed by atoms with Gasteiger partial charge in [-0.2, -0.15) is 0 Å². The standard InChI is InChI=1S/C7H16O4.2CH4/c1-7(2,5-11-9-4)10-6-8-3;;/h5-6H2,1-4H3;2*1H4. The van der Waals surface area contributed by atoms with E-state index in [1.807, 2.05) is 13.8 Å². The first-order valence-electron chi connectivity index (χ1n) is 3.41. The molecule has 0 amide bonds. The van der Waals surface area contributed by atoms with E-state index in [1.165, 1.54) is 7.11 Å². The molecule has 0 saturated carbocycles. The van der Waals surface area contributed by atoms with Crippen LogP contribution >= 0.6 is 0 Å². The fourth-order valence-corrected chi connectivity index (χ4v) is 0.461. The highest BCUT2D eigenvalue weighted by molar-refractivity contribution is 4.65. The number of methoxy groups -OCH3 is 1. The highest BCUT2D eigenvalue weighted by Crippen LogP contribution is 2.08. The molecule has 0 radical (unpaired) electrons. The highest BCUT2D eigenvalue weighted by Gasteiger charge is 2.18. The summed E-state index contributed by atoms with van der Waals surface area (Å²) in [6, 6.07) is 0. The van der Waals surface area contributed by atoms with Crippen LogP contribution in [0.3, 0.4) is 0 Å². The number of ether oxygens (including phenoxy) is 2. The first-order valence-corrected chi connectivity index (χ1v) is 3.41. The summed E-state index contributed by atoms with van der Waals surface area (Å²) in [6.07, 6.45) is 0. The Kier molecular flexibility index (Phi) is 14.2. The van der Waals surface area contributed by atoms with Crippen LogP contribution in [-0.4, -0.2) is 33.2 Å². The normalized spacial score (nSPS) is 10.2. The molecule has 0 aliphatic heterocycles. The average molecular weight is 196 g/mol. The van der Waals surface area contributed by atoms with Crippen molar-refractivity contribution < 1.29 is 19.2 Å². The second kappa shape index (κ2) is 9.92. The maximum absolute atomic E-state index is 5.25. The molecule has 0 spiro atoms. The molecule has 4 heteroatoms. The van der Waals surface area contributed by atoms with E-state index in [2.05, 4.69) is 4.89 Å². The molecule has 0 unspecified atom stereocenters. The van der Waals surface area contributed by atoms with Crippen LogP contribution in [0.5, 0.6) is 0 Å². The summed E-state index contributed by atoms with van der Waals surface area (Å²) in [5.41, 5.74) is -0.369. The highest BCUT2D eigenvalue weighted by atomic mass is 17.2. The predicted molar refractivity (Wildman–Crippen MR) is 53.5 cm³/mol. The van der Waals surface area contributed by atoms with Crippen molar-refractivity contribution in [3.05, 3.63) is 0 Å². The molecule has 0 rings (SSSR count). The molecule has 0 aliphatic rings. The third-order valence-electron chi connectivity index (χ3n) is 1.09. The van der Waals surface area contributed by atoms with E-state index in [-0.39, 0.29) is 27.2 Å². The SMILES string of the molecule is C.C.COCOC(C)(C)COOC. The summed E-state index contributed by atoms with van der Waals surface area (Å²) in [5, 5.41) is 0. The maximum atomic E-state index is 5.25. The predicted octanol–water partition coefficient (Wildman–Crippen LogP) is 2.24. The minimum atomic E-state index is -0.369. The molecule has 0 aliphatic carbocycles. The van der Waals surface area contributed by atoms with Crippen molar-refractivity contribution in [3.8, 4) is 0 Å². The Balaban J connectivity index is -0.000000500. The van der Waals surface area contributed by atoms with Crippen LogP contribution in [-0.2, 0) is 19.2 Å². The Morgan fingerprint density at radius 3 is 2.00 bits per heavy atom. The van der Waals surface area contributed by atoms with E-state index in [4.69, 9.17) is 14.4 Å². The Bertz CT molecular complexity index is 83.6. The minimum absolute atomic E-state index is 0. The molecule has 4 nitrogen and oxygen atoms in total. The molecule has 0 bridgehead atoms. The van der Waals surface area contributed by atoms with Gasteiger partial charge >= 0.3 is 0 Å². The van der Waals surface area contributed by atoms with Crippen LogP contribution in [0.25, 0.3) is 0 Å². The summed E-state index contributed by atoms with van der Waals surface area (Å²) in [7, 11) is 3.04. The van der Waals surface area contributed by atoms with Gasteiger partial charge in [-0.3, -0.25) is 0 Å². The van der Waals surface area contributed by atoms with Crippen LogP contribution < -0.4 is 0 Å². The van der Waals surface area contributed by atoms with E-state index < -0.39 is 0 Å². The van der Waals surface area contributed by atoms with E-state index in [1.54, 1.807) is 7.11 Å². The van der Waals surface area contributed by atoms with Gasteiger partial charge < -0.3 is 9.47 Å². The van der Waals surface area contributed by atoms with Gasteiger partial charge in [0.25, 0.3) is 0 Å². The molecule has 0 atom stereocenters. The van der Waals surface area contributed by atoms with Crippen LogP contribution in [0.4, 0.5) is 0 Å². The molecule has 0 N–H and O–H groups in total. The Hall–Kier alpha value is -0.160. The van der Waals surface area contributed by atoms with Crippen molar-refractivity contribution in [2.45, 2.75) is 34.3 Å². The molecule has 13 heavy (non-hydrogen) atoms. The monoisotopic (exact) mass is 196 g/mol. The van der Waals surface area contributed by atoms with Gasteiger partial charge in [-0.25, -0.2) is 9.78 Å².